The molecule has 2 N–H and O–H groups in total. The first-order valence-corrected chi connectivity index (χ1v) is 10.2. The van der Waals surface area contributed by atoms with Crippen molar-refractivity contribution in [2.24, 2.45) is 5.92 Å². The number of aromatic nitrogens is 3. The molecule has 0 aromatic carbocycles. The SMILES string of the molecule is CCc1nc(CC(=O)NC2CCCC2CNCc2cnc(C)nc2)cs1. The predicted octanol–water partition coefficient (Wildman–Crippen LogP) is 2.42. The third kappa shape index (κ3) is 5.32. The number of rotatable bonds is 8. The van der Waals surface area contributed by atoms with E-state index < -0.39 is 0 Å². The van der Waals surface area contributed by atoms with Crippen LogP contribution in [0.1, 0.15) is 48.3 Å². The highest BCUT2D eigenvalue weighted by Crippen LogP contribution is 2.25. The summed E-state index contributed by atoms with van der Waals surface area (Å²) in [6.45, 7) is 5.63. The summed E-state index contributed by atoms with van der Waals surface area (Å²) in [7, 11) is 0. The van der Waals surface area contributed by atoms with Gasteiger partial charge in [-0.2, -0.15) is 0 Å². The normalized spacial score (nSPS) is 19.6. The molecule has 0 saturated heterocycles. The molecule has 2 atom stereocenters. The van der Waals surface area contributed by atoms with Crippen molar-refractivity contribution in [3.8, 4) is 0 Å². The van der Waals surface area contributed by atoms with Gasteiger partial charge in [0.2, 0.25) is 5.91 Å². The highest BCUT2D eigenvalue weighted by atomic mass is 32.1. The van der Waals surface area contributed by atoms with Gasteiger partial charge in [0.15, 0.2) is 0 Å². The molecule has 1 saturated carbocycles. The summed E-state index contributed by atoms with van der Waals surface area (Å²) in [4.78, 5) is 25.3. The Balaban J connectivity index is 1.43. The standard InChI is InChI=1S/C19H27N5OS/c1-3-19-23-16(12-26-19)7-18(25)24-17-6-4-5-15(17)11-20-8-14-9-21-13(2)22-10-14/h9-10,12,15,17,20H,3-8,11H2,1-2H3,(H,24,25). The Kier molecular flexibility index (Phi) is 6.68. The number of aryl methyl sites for hydroxylation is 2. The van der Waals surface area contributed by atoms with Gasteiger partial charge in [-0.25, -0.2) is 15.0 Å². The van der Waals surface area contributed by atoms with Gasteiger partial charge in [0.25, 0.3) is 0 Å². The molecule has 0 bridgehead atoms. The van der Waals surface area contributed by atoms with Crippen molar-refractivity contribution in [3.63, 3.8) is 0 Å². The minimum absolute atomic E-state index is 0.0850. The number of amides is 1. The lowest BCUT2D eigenvalue weighted by Crippen LogP contribution is -2.41. The van der Waals surface area contributed by atoms with Gasteiger partial charge in [-0.15, -0.1) is 11.3 Å². The maximum absolute atomic E-state index is 12.4. The molecule has 7 heteroatoms. The fourth-order valence-corrected chi connectivity index (χ4v) is 4.14. The summed E-state index contributed by atoms with van der Waals surface area (Å²) in [5.74, 6) is 1.35. The fourth-order valence-electron chi connectivity index (χ4n) is 3.40. The predicted molar refractivity (Wildman–Crippen MR) is 103 cm³/mol. The monoisotopic (exact) mass is 373 g/mol. The molecule has 1 fully saturated rings. The topological polar surface area (TPSA) is 79.8 Å². The van der Waals surface area contributed by atoms with Crippen LogP contribution in [0.4, 0.5) is 0 Å². The second kappa shape index (κ2) is 9.19. The summed E-state index contributed by atoms with van der Waals surface area (Å²) in [5, 5.41) is 9.80. The van der Waals surface area contributed by atoms with Crippen LogP contribution in [0.3, 0.4) is 0 Å². The van der Waals surface area contributed by atoms with Crippen LogP contribution >= 0.6 is 11.3 Å². The lowest BCUT2D eigenvalue weighted by atomic mass is 10.0. The third-order valence-corrected chi connectivity index (χ3v) is 5.86. The maximum Gasteiger partial charge on any atom is 0.226 e. The minimum Gasteiger partial charge on any atom is -0.353 e. The fraction of sp³-hybridized carbons (Fsp3) is 0.579. The Morgan fingerprint density at radius 2 is 2.12 bits per heavy atom. The van der Waals surface area contributed by atoms with Gasteiger partial charge in [-0.3, -0.25) is 4.79 Å². The van der Waals surface area contributed by atoms with E-state index >= 15 is 0 Å². The van der Waals surface area contributed by atoms with Crippen LogP contribution < -0.4 is 10.6 Å². The molecular formula is C19H27N5OS. The van der Waals surface area contributed by atoms with Gasteiger partial charge >= 0.3 is 0 Å². The zero-order valence-corrected chi connectivity index (χ0v) is 16.3. The number of thiazole rings is 1. The van der Waals surface area contributed by atoms with E-state index in [4.69, 9.17) is 0 Å². The Bertz CT molecular complexity index is 715. The molecular weight excluding hydrogens is 346 g/mol. The van der Waals surface area contributed by atoms with Crippen LogP contribution in [-0.4, -0.2) is 33.4 Å². The van der Waals surface area contributed by atoms with Crippen LogP contribution in [0.5, 0.6) is 0 Å². The van der Waals surface area contributed by atoms with E-state index in [1.54, 1.807) is 11.3 Å². The highest BCUT2D eigenvalue weighted by molar-refractivity contribution is 7.09. The Hall–Kier alpha value is -1.86. The summed E-state index contributed by atoms with van der Waals surface area (Å²) in [6, 6.07) is 0.258. The molecule has 140 valence electrons. The van der Waals surface area contributed by atoms with Crippen molar-refractivity contribution in [1.29, 1.82) is 0 Å². The van der Waals surface area contributed by atoms with E-state index in [0.717, 1.165) is 54.4 Å². The Labute approximate surface area is 158 Å². The van der Waals surface area contributed by atoms with Crippen LogP contribution in [0.25, 0.3) is 0 Å². The minimum atomic E-state index is 0.0850. The average molecular weight is 374 g/mol. The quantitative estimate of drug-likeness (QED) is 0.743. The van der Waals surface area contributed by atoms with E-state index in [1.807, 2.05) is 24.7 Å². The van der Waals surface area contributed by atoms with Crippen LogP contribution in [0.15, 0.2) is 17.8 Å². The number of hydrogen-bond acceptors (Lipinski definition) is 6. The lowest BCUT2D eigenvalue weighted by molar-refractivity contribution is -0.121. The summed E-state index contributed by atoms with van der Waals surface area (Å²) in [6.07, 6.45) is 8.41. The van der Waals surface area contributed by atoms with Gasteiger partial charge in [0, 0.05) is 42.5 Å². The Morgan fingerprint density at radius 1 is 1.31 bits per heavy atom. The first-order valence-electron chi connectivity index (χ1n) is 9.35. The second-order valence-electron chi connectivity index (χ2n) is 6.90. The van der Waals surface area contributed by atoms with Crippen LogP contribution in [-0.2, 0) is 24.2 Å². The second-order valence-corrected chi connectivity index (χ2v) is 7.84. The molecule has 0 aliphatic heterocycles. The van der Waals surface area contributed by atoms with Gasteiger partial charge < -0.3 is 10.6 Å². The molecule has 2 aromatic heterocycles. The largest absolute Gasteiger partial charge is 0.353 e. The molecule has 2 heterocycles. The molecule has 0 spiro atoms. The van der Waals surface area contributed by atoms with Gasteiger partial charge in [-0.05, 0) is 32.1 Å². The van der Waals surface area contributed by atoms with Crippen LogP contribution in [0.2, 0.25) is 0 Å². The average Bonchev–Trinajstić information content (AvgIpc) is 3.26. The van der Waals surface area contributed by atoms with E-state index in [0.29, 0.717) is 12.3 Å². The van der Waals surface area contributed by atoms with E-state index in [9.17, 15) is 4.79 Å². The molecule has 1 aliphatic carbocycles. The zero-order chi connectivity index (χ0) is 18.4. The van der Waals surface area contributed by atoms with Crippen molar-refractivity contribution in [1.82, 2.24) is 25.6 Å². The van der Waals surface area contributed by atoms with Crippen molar-refractivity contribution >= 4 is 17.2 Å². The number of carbonyl (C=O) groups is 1. The third-order valence-electron chi connectivity index (χ3n) is 4.82. The van der Waals surface area contributed by atoms with Crippen molar-refractivity contribution in [2.75, 3.05) is 6.54 Å². The van der Waals surface area contributed by atoms with Gasteiger partial charge in [0.1, 0.15) is 5.82 Å². The molecule has 6 nitrogen and oxygen atoms in total. The summed E-state index contributed by atoms with van der Waals surface area (Å²) < 4.78 is 0. The van der Waals surface area contributed by atoms with Crippen molar-refractivity contribution < 1.29 is 4.79 Å². The number of hydrogen-bond donors (Lipinski definition) is 2. The van der Waals surface area contributed by atoms with E-state index in [-0.39, 0.29) is 11.9 Å². The van der Waals surface area contributed by atoms with Gasteiger partial charge in [-0.1, -0.05) is 13.3 Å². The van der Waals surface area contributed by atoms with Crippen LogP contribution in [0, 0.1) is 12.8 Å². The zero-order valence-electron chi connectivity index (χ0n) is 15.5. The molecule has 3 rings (SSSR count). The van der Waals surface area contributed by atoms with Gasteiger partial charge in [0.05, 0.1) is 17.1 Å². The first kappa shape index (κ1) is 18.9. The lowest BCUT2D eigenvalue weighted by Gasteiger charge is -2.21. The number of carbonyl (C=O) groups excluding carboxylic acids is 1. The molecule has 2 unspecified atom stereocenters. The van der Waals surface area contributed by atoms with Crippen molar-refractivity contribution in [2.45, 2.75) is 58.5 Å². The smallest absolute Gasteiger partial charge is 0.226 e. The van der Waals surface area contributed by atoms with Crippen molar-refractivity contribution in [3.05, 3.63) is 39.9 Å². The highest BCUT2D eigenvalue weighted by Gasteiger charge is 2.28. The molecule has 2 aromatic rings. The summed E-state index contributed by atoms with van der Waals surface area (Å²) in [5.41, 5.74) is 1.97. The maximum atomic E-state index is 12.4. The molecule has 26 heavy (non-hydrogen) atoms. The molecule has 0 radical (unpaired) electrons. The van der Waals surface area contributed by atoms with E-state index in [2.05, 4.69) is 32.5 Å². The number of nitrogens with one attached hydrogen (secondary N) is 2. The van der Waals surface area contributed by atoms with E-state index in [1.165, 1.54) is 6.42 Å². The molecule has 1 amide bonds. The number of nitrogens with zero attached hydrogens (tertiary/aromatic N) is 3. The summed E-state index contributed by atoms with van der Waals surface area (Å²) >= 11 is 1.63. The Morgan fingerprint density at radius 3 is 2.85 bits per heavy atom. The first-order chi connectivity index (χ1) is 12.6. The molecule has 1 aliphatic rings.